The Bertz CT molecular complexity index is 1470. The van der Waals surface area contributed by atoms with Gasteiger partial charge in [0.05, 0.1) is 17.1 Å². The van der Waals surface area contributed by atoms with Gasteiger partial charge in [-0.3, -0.25) is 4.79 Å². The molecule has 0 amide bonds. The molecule has 4 rings (SSSR count). The molecule has 0 fully saturated rings. The van der Waals surface area contributed by atoms with Crippen molar-refractivity contribution >= 4 is 28.4 Å². The molecule has 0 aromatic heterocycles. The Balaban J connectivity index is 1.61. The summed E-state index contributed by atoms with van der Waals surface area (Å²) in [6, 6.07) is 12.0. The molecule has 0 aliphatic carbocycles. The van der Waals surface area contributed by atoms with Crippen molar-refractivity contribution in [1.82, 2.24) is 0 Å². The second-order valence-corrected chi connectivity index (χ2v) is 9.98. The Hall–Kier alpha value is -3.79. The molecule has 0 spiro atoms. The third kappa shape index (κ3) is 4.94. The van der Waals surface area contributed by atoms with Crippen LogP contribution in [0.1, 0.15) is 60.4 Å². The van der Waals surface area contributed by atoms with Crippen molar-refractivity contribution in [2.45, 2.75) is 38.1 Å². The fourth-order valence-corrected chi connectivity index (χ4v) is 5.07. The molecule has 1 aliphatic heterocycles. The summed E-state index contributed by atoms with van der Waals surface area (Å²) in [6.07, 6.45) is 3.11. The highest BCUT2D eigenvalue weighted by atomic mass is 32.2. The number of hydrogen-bond acceptors (Lipinski definition) is 7. The molecule has 36 heavy (non-hydrogen) atoms. The maximum atomic E-state index is 12.8. The molecule has 1 heterocycles. The topological polar surface area (TPSA) is 127 Å². The van der Waals surface area contributed by atoms with Gasteiger partial charge in [0, 0.05) is 11.1 Å². The van der Waals surface area contributed by atoms with Gasteiger partial charge < -0.3 is 14.9 Å². The molecular weight excluding hydrogens is 484 g/mol. The number of allylic oxidation sites excluding steroid dienone is 1. The summed E-state index contributed by atoms with van der Waals surface area (Å²) in [5, 5.41) is 20.2. The van der Waals surface area contributed by atoms with Gasteiger partial charge in [0.15, 0.2) is 0 Å². The first-order valence-electron chi connectivity index (χ1n) is 11.1. The molecule has 2 N–H and O–H groups in total. The first-order valence-corrected chi connectivity index (χ1v) is 12.5. The molecule has 1 aliphatic rings. The highest BCUT2D eigenvalue weighted by Gasteiger charge is 2.32. The van der Waals surface area contributed by atoms with Crippen molar-refractivity contribution in [3.63, 3.8) is 0 Å². The minimum Gasteiger partial charge on any atom is -0.507 e. The number of ether oxygens (including phenoxy) is 1. The maximum absolute atomic E-state index is 12.8. The summed E-state index contributed by atoms with van der Waals surface area (Å²) in [4.78, 5) is 22.3. The van der Waals surface area contributed by atoms with Crippen molar-refractivity contribution in [1.29, 1.82) is 0 Å². The van der Waals surface area contributed by atoms with E-state index in [1.807, 2.05) is 13.0 Å². The smallest absolute Gasteiger partial charge is 0.336 e. The fraction of sp³-hybridized carbons (Fsp3) is 0.185. The van der Waals surface area contributed by atoms with E-state index in [0.717, 1.165) is 5.56 Å². The third-order valence-corrected chi connectivity index (χ3v) is 7.40. The van der Waals surface area contributed by atoms with Crippen LogP contribution in [-0.4, -0.2) is 30.9 Å². The van der Waals surface area contributed by atoms with Gasteiger partial charge >= 0.3 is 5.97 Å². The summed E-state index contributed by atoms with van der Waals surface area (Å²) in [5.74, 6) is -0.980. The number of rotatable bonds is 8. The number of aryl methyl sites for hydroxylation is 1. The number of fused-ring (bicyclic) bond motifs is 1. The second kappa shape index (κ2) is 10.1. The maximum Gasteiger partial charge on any atom is 0.336 e. The standard InChI is InChI=1S/C27H24O8S/c1-16-5-3-8-22(26(30)31)21(16)7-4-6-19-13-23-24(17(2)25(19)29)15-34-27(23)35-36(32,33)20-11-9-18(14-28)10-12-20/h3-5,7-14,27,29H,6,15H2,1-2H3,(H,30,31)/b7-4+. The molecule has 9 heteroatoms. The summed E-state index contributed by atoms with van der Waals surface area (Å²) in [7, 11) is -4.19. The van der Waals surface area contributed by atoms with Gasteiger partial charge in [0.2, 0.25) is 6.29 Å². The van der Waals surface area contributed by atoms with E-state index in [-0.39, 0.29) is 29.2 Å². The van der Waals surface area contributed by atoms with Gasteiger partial charge in [0.25, 0.3) is 10.1 Å². The van der Waals surface area contributed by atoms with Crippen LogP contribution in [0.4, 0.5) is 0 Å². The normalized spacial score (nSPS) is 15.2. The molecule has 0 bridgehead atoms. The number of aldehydes is 1. The van der Waals surface area contributed by atoms with Gasteiger partial charge in [-0.15, -0.1) is 0 Å². The molecule has 1 unspecified atom stereocenters. The lowest BCUT2D eigenvalue weighted by molar-refractivity contribution is -0.0686. The van der Waals surface area contributed by atoms with Gasteiger partial charge in [-0.05, 0) is 72.4 Å². The number of aromatic hydroxyl groups is 1. The van der Waals surface area contributed by atoms with Crippen molar-refractivity contribution in [3.05, 3.63) is 99.1 Å². The molecule has 1 atom stereocenters. The molecule has 186 valence electrons. The van der Waals surface area contributed by atoms with Crippen molar-refractivity contribution in [2.24, 2.45) is 0 Å². The summed E-state index contributed by atoms with van der Waals surface area (Å²) in [6.45, 7) is 3.60. The van der Waals surface area contributed by atoms with Gasteiger partial charge in [-0.2, -0.15) is 8.42 Å². The van der Waals surface area contributed by atoms with E-state index in [2.05, 4.69) is 0 Å². The number of benzene rings is 3. The van der Waals surface area contributed by atoms with Crippen LogP contribution in [0.15, 0.2) is 59.5 Å². The van der Waals surface area contributed by atoms with Gasteiger partial charge in [0.1, 0.15) is 12.0 Å². The third-order valence-electron chi connectivity index (χ3n) is 6.12. The van der Waals surface area contributed by atoms with Crippen LogP contribution in [0.3, 0.4) is 0 Å². The lowest BCUT2D eigenvalue weighted by Crippen LogP contribution is -2.12. The molecule has 0 radical (unpaired) electrons. The van der Waals surface area contributed by atoms with Crippen molar-refractivity contribution in [2.75, 3.05) is 0 Å². The van der Waals surface area contributed by atoms with Crippen LogP contribution in [0, 0.1) is 13.8 Å². The Morgan fingerprint density at radius 3 is 2.56 bits per heavy atom. The molecule has 3 aromatic rings. The molecule has 0 saturated carbocycles. The monoisotopic (exact) mass is 508 g/mol. The number of hydrogen-bond donors (Lipinski definition) is 2. The van der Waals surface area contributed by atoms with Gasteiger partial charge in [-0.25, -0.2) is 8.98 Å². The SMILES string of the molecule is Cc1cccc(C(=O)O)c1/C=C/Cc1cc2c(c(C)c1O)COC2OS(=O)(=O)c1ccc(C=O)cc1. The number of carbonyl (C=O) groups excluding carboxylic acids is 1. The number of carboxylic acids is 1. The minimum absolute atomic E-state index is 0.0539. The summed E-state index contributed by atoms with van der Waals surface area (Å²) < 4.78 is 36.5. The molecule has 8 nitrogen and oxygen atoms in total. The van der Waals surface area contributed by atoms with Crippen LogP contribution in [0.5, 0.6) is 5.75 Å². The van der Waals surface area contributed by atoms with Crippen LogP contribution in [0.25, 0.3) is 6.08 Å². The molecular formula is C27H24O8S. The van der Waals surface area contributed by atoms with E-state index in [9.17, 15) is 28.2 Å². The Labute approximate surface area is 208 Å². The highest BCUT2D eigenvalue weighted by Crippen LogP contribution is 2.40. The predicted molar refractivity (Wildman–Crippen MR) is 131 cm³/mol. The predicted octanol–water partition coefficient (Wildman–Crippen LogP) is 4.71. The van der Waals surface area contributed by atoms with Crippen molar-refractivity contribution in [3.8, 4) is 5.75 Å². The Morgan fingerprint density at radius 1 is 1.17 bits per heavy atom. The number of phenolic OH excluding ortho intramolecular Hbond substituents is 1. The lowest BCUT2D eigenvalue weighted by atomic mass is 9.96. The summed E-state index contributed by atoms with van der Waals surface area (Å²) in [5.41, 5.74) is 4.08. The largest absolute Gasteiger partial charge is 0.507 e. The number of carbonyl (C=O) groups is 2. The second-order valence-electron chi connectivity index (χ2n) is 8.41. The van der Waals surface area contributed by atoms with Crippen molar-refractivity contribution < 1.29 is 37.1 Å². The Kier molecular flexibility index (Phi) is 7.07. The zero-order valence-corrected chi connectivity index (χ0v) is 20.4. The Morgan fingerprint density at radius 2 is 1.89 bits per heavy atom. The van der Waals surface area contributed by atoms with E-state index in [1.165, 1.54) is 30.3 Å². The average molecular weight is 509 g/mol. The van der Waals surface area contributed by atoms with E-state index in [1.54, 1.807) is 31.2 Å². The van der Waals surface area contributed by atoms with Gasteiger partial charge in [-0.1, -0.05) is 36.4 Å². The van der Waals surface area contributed by atoms with E-state index in [0.29, 0.717) is 39.7 Å². The van der Waals surface area contributed by atoms with E-state index in [4.69, 9.17) is 8.92 Å². The van der Waals surface area contributed by atoms with Crippen LogP contribution < -0.4 is 0 Å². The average Bonchev–Trinajstić information content (AvgIpc) is 3.24. The fourth-order valence-electron chi connectivity index (χ4n) is 4.11. The quantitative estimate of drug-likeness (QED) is 0.331. The highest BCUT2D eigenvalue weighted by molar-refractivity contribution is 7.86. The first-order chi connectivity index (χ1) is 17.1. The molecule has 0 saturated heterocycles. The van der Waals surface area contributed by atoms with E-state index >= 15 is 0 Å². The molecule has 3 aromatic carbocycles. The zero-order valence-electron chi connectivity index (χ0n) is 19.6. The first kappa shape index (κ1) is 25.3. The minimum atomic E-state index is -4.19. The van der Waals surface area contributed by atoms with E-state index < -0.39 is 22.4 Å². The van der Waals surface area contributed by atoms with Crippen LogP contribution in [-0.2, 0) is 32.1 Å². The zero-order chi connectivity index (χ0) is 26.0. The summed E-state index contributed by atoms with van der Waals surface area (Å²) >= 11 is 0. The number of aromatic carboxylic acids is 1. The number of carboxylic acid groups (broad SMARTS) is 1. The van der Waals surface area contributed by atoms with Crippen LogP contribution in [0.2, 0.25) is 0 Å². The lowest BCUT2D eigenvalue weighted by Gasteiger charge is -2.15. The van der Waals surface area contributed by atoms with Crippen LogP contribution >= 0.6 is 0 Å². The number of phenols is 1.